The first-order valence-corrected chi connectivity index (χ1v) is 7.92. The lowest BCUT2D eigenvalue weighted by Crippen LogP contribution is -2.12. The van der Waals surface area contributed by atoms with Gasteiger partial charge in [-0.2, -0.15) is 0 Å². The third-order valence-electron chi connectivity index (χ3n) is 3.91. The average Bonchev–Trinajstić information content (AvgIpc) is 2.67. The molecule has 4 heteroatoms. The zero-order valence-corrected chi connectivity index (χ0v) is 13.9. The molecular weight excluding hydrogens is 314 g/mol. The molecule has 0 aliphatic carbocycles. The Morgan fingerprint density at radius 1 is 0.920 bits per heavy atom. The second-order valence-corrected chi connectivity index (χ2v) is 5.57. The maximum atomic E-state index is 11.9. The molecule has 2 N–H and O–H groups in total. The number of primary amides is 1. The Labute approximate surface area is 146 Å². The van der Waals surface area contributed by atoms with Crippen molar-refractivity contribution >= 4 is 5.91 Å². The summed E-state index contributed by atoms with van der Waals surface area (Å²) in [4.78, 5) is 11.9. The van der Waals surface area contributed by atoms with Crippen molar-refractivity contribution in [3.8, 4) is 22.6 Å². The molecule has 0 saturated carbocycles. The molecule has 4 nitrogen and oxygen atoms in total. The molecule has 0 aromatic heterocycles. The van der Waals surface area contributed by atoms with Crippen LogP contribution in [0.5, 0.6) is 11.5 Å². The molecule has 0 radical (unpaired) electrons. The summed E-state index contributed by atoms with van der Waals surface area (Å²) in [5, 5.41) is 0. The van der Waals surface area contributed by atoms with E-state index in [2.05, 4.69) is 0 Å². The van der Waals surface area contributed by atoms with Crippen molar-refractivity contribution in [2.45, 2.75) is 6.61 Å². The van der Waals surface area contributed by atoms with Crippen LogP contribution in [0.25, 0.3) is 11.1 Å². The Balaban J connectivity index is 1.86. The number of hydrogen-bond donors (Lipinski definition) is 1. The second-order valence-electron chi connectivity index (χ2n) is 5.57. The minimum absolute atomic E-state index is 0.427. The van der Waals surface area contributed by atoms with E-state index in [1.54, 1.807) is 13.2 Å². The summed E-state index contributed by atoms with van der Waals surface area (Å²) >= 11 is 0. The van der Waals surface area contributed by atoms with Gasteiger partial charge in [-0.1, -0.05) is 42.5 Å². The first-order valence-electron chi connectivity index (χ1n) is 7.92. The second kappa shape index (κ2) is 7.53. The molecule has 0 unspecified atom stereocenters. The van der Waals surface area contributed by atoms with Gasteiger partial charge >= 0.3 is 0 Å². The van der Waals surface area contributed by atoms with E-state index in [1.807, 2.05) is 66.7 Å². The molecule has 0 saturated heterocycles. The fourth-order valence-electron chi connectivity index (χ4n) is 2.58. The van der Waals surface area contributed by atoms with E-state index < -0.39 is 5.91 Å². The Bertz CT molecular complexity index is 858. The van der Waals surface area contributed by atoms with Crippen LogP contribution in [0, 0.1) is 0 Å². The van der Waals surface area contributed by atoms with Crippen LogP contribution in [0.1, 0.15) is 15.9 Å². The Kier molecular flexibility index (Phi) is 5.00. The van der Waals surface area contributed by atoms with Crippen LogP contribution >= 0.6 is 0 Å². The lowest BCUT2D eigenvalue weighted by atomic mass is 9.99. The third-order valence-corrected chi connectivity index (χ3v) is 3.91. The molecule has 25 heavy (non-hydrogen) atoms. The van der Waals surface area contributed by atoms with E-state index in [4.69, 9.17) is 15.2 Å². The minimum atomic E-state index is -0.490. The fraction of sp³-hybridized carbons (Fsp3) is 0.0952. The van der Waals surface area contributed by atoms with E-state index >= 15 is 0 Å². The quantitative estimate of drug-likeness (QED) is 0.740. The number of carbonyl (C=O) groups excluding carboxylic acids is 1. The molecule has 0 spiro atoms. The largest absolute Gasteiger partial charge is 0.497 e. The molecule has 3 aromatic carbocycles. The maximum Gasteiger partial charge on any atom is 0.249 e. The Morgan fingerprint density at radius 2 is 1.60 bits per heavy atom. The lowest BCUT2D eigenvalue weighted by Gasteiger charge is -2.12. The first kappa shape index (κ1) is 16.6. The van der Waals surface area contributed by atoms with Gasteiger partial charge in [0, 0.05) is 0 Å². The highest BCUT2D eigenvalue weighted by atomic mass is 16.5. The fourth-order valence-corrected chi connectivity index (χ4v) is 2.58. The molecule has 0 atom stereocenters. The van der Waals surface area contributed by atoms with Gasteiger partial charge in [0.25, 0.3) is 0 Å². The monoisotopic (exact) mass is 333 g/mol. The van der Waals surface area contributed by atoms with Crippen molar-refractivity contribution in [3.63, 3.8) is 0 Å². The molecule has 0 bridgehead atoms. The van der Waals surface area contributed by atoms with Gasteiger partial charge in [0.1, 0.15) is 18.1 Å². The van der Waals surface area contributed by atoms with E-state index in [-0.39, 0.29) is 0 Å². The molecule has 0 aliphatic rings. The summed E-state index contributed by atoms with van der Waals surface area (Å²) in [5.41, 5.74) is 8.71. The van der Waals surface area contributed by atoms with Crippen LogP contribution in [0.15, 0.2) is 72.8 Å². The summed E-state index contributed by atoms with van der Waals surface area (Å²) < 4.78 is 10.9. The summed E-state index contributed by atoms with van der Waals surface area (Å²) in [6, 6.07) is 22.7. The van der Waals surface area contributed by atoms with E-state index in [0.717, 1.165) is 22.4 Å². The van der Waals surface area contributed by atoms with E-state index in [1.165, 1.54) is 0 Å². The topological polar surface area (TPSA) is 61.6 Å². The maximum absolute atomic E-state index is 11.9. The molecule has 1 amide bonds. The molecule has 3 rings (SSSR count). The molecule has 126 valence electrons. The van der Waals surface area contributed by atoms with Gasteiger partial charge < -0.3 is 15.2 Å². The van der Waals surface area contributed by atoms with Crippen LogP contribution in [-0.4, -0.2) is 13.0 Å². The van der Waals surface area contributed by atoms with Crippen LogP contribution in [-0.2, 0) is 6.61 Å². The van der Waals surface area contributed by atoms with E-state index in [9.17, 15) is 4.79 Å². The predicted molar refractivity (Wildman–Crippen MR) is 97.7 cm³/mol. The highest BCUT2D eigenvalue weighted by Crippen LogP contribution is 2.29. The molecule has 0 fully saturated rings. The highest BCUT2D eigenvalue weighted by molar-refractivity contribution is 6.00. The zero-order valence-electron chi connectivity index (χ0n) is 13.9. The number of benzene rings is 3. The lowest BCUT2D eigenvalue weighted by molar-refractivity contribution is 0.100. The predicted octanol–water partition coefficient (Wildman–Crippen LogP) is 4.04. The van der Waals surface area contributed by atoms with Gasteiger partial charge in [-0.05, 0) is 47.0 Å². The average molecular weight is 333 g/mol. The first-order chi connectivity index (χ1) is 12.2. The highest BCUT2D eigenvalue weighted by Gasteiger charge is 2.12. The molecule has 0 heterocycles. The number of hydrogen-bond acceptors (Lipinski definition) is 3. The summed E-state index contributed by atoms with van der Waals surface area (Å²) in [6.45, 7) is 0.431. The normalized spacial score (nSPS) is 10.3. The van der Waals surface area contributed by atoms with Gasteiger partial charge in [0.05, 0.1) is 12.7 Å². The zero-order chi connectivity index (χ0) is 17.6. The van der Waals surface area contributed by atoms with Crippen molar-refractivity contribution in [3.05, 3.63) is 83.9 Å². The number of rotatable bonds is 6. The number of nitrogens with two attached hydrogens (primary N) is 1. The Morgan fingerprint density at radius 3 is 2.24 bits per heavy atom. The smallest absolute Gasteiger partial charge is 0.249 e. The van der Waals surface area contributed by atoms with Gasteiger partial charge in [0.15, 0.2) is 0 Å². The van der Waals surface area contributed by atoms with E-state index in [0.29, 0.717) is 17.9 Å². The SMILES string of the molecule is COc1ccc(-c2ccc(OCc3ccccc3)cc2C(N)=O)cc1. The van der Waals surface area contributed by atoms with Crippen molar-refractivity contribution < 1.29 is 14.3 Å². The minimum Gasteiger partial charge on any atom is -0.497 e. The molecular formula is C21H19NO3. The van der Waals surface area contributed by atoms with Gasteiger partial charge in [0.2, 0.25) is 5.91 Å². The number of methoxy groups -OCH3 is 1. The number of ether oxygens (including phenoxy) is 2. The van der Waals surface area contributed by atoms with Gasteiger partial charge in [-0.15, -0.1) is 0 Å². The summed E-state index contributed by atoms with van der Waals surface area (Å²) in [7, 11) is 1.61. The van der Waals surface area contributed by atoms with Crippen LogP contribution in [0.4, 0.5) is 0 Å². The summed E-state index contributed by atoms with van der Waals surface area (Å²) in [5.74, 6) is 0.873. The van der Waals surface area contributed by atoms with Crippen LogP contribution in [0.2, 0.25) is 0 Å². The van der Waals surface area contributed by atoms with Gasteiger partial charge in [-0.3, -0.25) is 4.79 Å². The standard InChI is InChI=1S/C21H19NO3/c1-24-17-9-7-16(8-10-17)19-12-11-18(13-20(19)21(22)23)25-14-15-5-3-2-4-6-15/h2-13H,14H2,1H3,(H2,22,23). The van der Waals surface area contributed by atoms with Gasteiger partial charge in [-0.25, -0.2) is 0 Å². The Hall–Kier alpha value is -3.27. The van der Waals surface area contributed by atoms with Crippen molar-refractivity contribution in [2.75, 3.05) is 7.11 Å². The van der Waals surface area contributed by atoms with Crippen molar-refractivity contribution in [2.24, 2.45) is 5.73 Å². The van der Waals surface area contributed by atoms with Crippen LogP contribution in [0.3, 0.4) is 0 Å². The number of carbonyl (C=O) groups is 1. The van der Waals surface area contributed by atoms with Crippen LogP contribution < -0.4 is 15.2 Å². The third kappa shape index (κ3) is 3.98. The van der Waals surface area contributed by atoms with Crippen molar-refractivity contribution in [1.29, 1.82) is 0 Å². The molecule has 3 aromatic rings. The number of amides is 1. The summed E-state index contributed by atoms with van der Waals surface area (Å²) in [6.07, 6.45) is 0. The van der Waals surface area contributed by atoms with Crippen molar-refractivity contribution in [1.82, 2.24) is 0 Å². The molecule has 0 aliphatic heterocycles.